The van der Waals surface area contributed by atoms with E-state index in [2.05, 4.69) is 9.97 Å². The summed E-state index contributed by atoms with van der Waals surface area (Å²) in [5.74, 6) is 0.365. The minimum absolute atomic E-state index is 0.135. The first kappa shape index (κ1) is 24.2. The zero-order chi connectivity index (χ0) is 26.1. The second-order valence-electron chi connectivity index (χ2n) is 9.03. The van der Waals surface area contributed by atoms with Gasteiger partial charge >= 0.3 is 5.97 Å². The van der Waals surface area contributed by atoms with Crippen LogP contribution in [0.4, 0.5) is 17.3 Å². The monoisotopic (exact) mass is 496 g/mol. The number of hydrogen-bond acceptors (Lipinski definition) is 6. The molecule has 0 spiro atoms. The van der Waals surface area contributed by atoms with Crippen molar-refractivity contribution in [3.63, 3.8) is 0 Å². The van der Waals surface area contributed by atoms with E-state index in [1.807, 2.05) is 66.4 Å². The zero-order valence-corrected chi connectivity index (χ0v) is 21.0. The molecule has 0 radical (unpaired) electrons. The van der Waals surface area contributed by atoms with E-state index in [9.17, 15) is 14.7 Å². The fourth-order valence-corrected chi connectivity index (χ4v) is 4.77. The quantitative estimate of drug-likeness (QED) is 0.376. The molecular formula is C29H28N4O4. The smallest absolute Gasteiger partial charge is 0.310 e. The zero-order valence-electron chi connectivity index (χ0n) is 21.0. The molecule has 8 nitrogen and oxygen atoms in total. The predicted molar refractivity (Wildman–Crippen MR) is 143 cm³/mol. The Labute approximate surface area is 215 Å². The van der Waals surface area contributed by atoms with Crippen molar-refractivity contribution in [1.82, 2.24) is 9.97 Å². The third-order valence-corrected chi connectivity index (χ3v) is 6.82. The lowest BCUT2D eigenvalue weighted by molar-refractivity contribution is -0.138. The van der Waals surface area contributed by atoms with Crippen LogP contribution in [0, 0.1) is 0 Å². The Morgan fingerprint density at radius 2 is 1.84 bits per heavy atom. The highest BCUT2D eigenvalue weighted by Crippen LogP contribution is 2.37. The summed E-state index contributed by atoms with van der Waals surface area (Å²) in [4.78, 5) is 37.7. The molecule has 2 aromatic carbocycles. The number of carboxylic acids is 1. The van der Waals surface area contributed by atoms with Crippen molar-refractivity contribution in [3.8, 4) is 5.75 Å². The van der Waals surface area contributed by atoms with Gasteiger partial charge in [-0.2, -0.15) is 0 Å². The van der Waals surface area contributed by atoms with Gasteiger partial charge in [0.15, 0.2) is 5.82 Å². The van der Waals surface area contributed by atoms with Crippen LogP contribution in [0.15, 0.2) is 67.0 Å². The Kier molecular flexibility index (Phi) is 6.48. The Balaban J connectivity index is 1.39. The molecule has 0 saturated carbocycles. The summed E-state index contributed by atoms with van der Waals surface area (Å²) >= 11 is 0. The van der Waals surface area contributed by atoms with Crippen LogP contribution < -0.4 is 14.5 Å². The molecule has 0 aliphatic carbocycles. The summed E-state index contributed by atoms with van der Waals surface area (Å²) in [5, 5.41) is 11.2. The molecule has 0 bridgehead atoms. The molecule has 1 N–H and O–H groups in total. The molecule has 1 atom stereocenters. The van der Waals surface area contributed by atoms with E-state index in [1.54, 1.807) is 31.3 Å². The highest BCUT2D eigenvalue weighted by atomic mass is 16.5. The van der Waals surface area contributed by atoms with Crippen molar-refractivity contribution in [2.45, 2.75) is 26.2 Å². The fourth-order valence-electron chi connectivity index (χ4n) is 4.77. The van der Waals surface area contributed by atoms with Crippen LogP contribution in [0.5, 0.6) is 5.75 Å². The number of carboxylic acid groups (broad SMARTS) is 1. The van der Waals surface area contributed by atoms with E-state index in [-0.39, 0.29) is 5.91 Å². The Bertz CT molecular complexity index is 1500. The van der Waals surface area contributed by atoms with E-state index in [4.69, 9.17) is 4.74 Å². The lowest BCUT2D eigenvalue weighted by Gasteiger charge is -2.22. The molecule has 188 valence electrons. The van der Waals surface area contributed by atoms with Gasteiger partial charge < -0.3 is 19.6 Å². The summed E-state index contributed by atoms with van der Waals surface area (Å²) in [7, 11) is 1.75. The molecule has 1 aliphatic heterocycles. The van der Waals surface area contributed by atoms with Crippen LogP contribution in [-0.4, -0.2) is 47.2 Å². The maximum Gasteiger partial charge on any atom is 0.310 e. The van der Waals surface area contributed by atoms with Gasteiger partial charge in [0.2, 0.25) is 0 Å². The lowest BCUT2D eigenvalue weighted by Crippen LogP contribution is -2.25. The number of amides is 1. The van der Waals surface area contributed by atoms with Crippen LogP contribution in [0.1, 0.15) is 41.3 Å². The van der Waals surface area contributed by atoms with Crippen molar-refractivity contribution in [1.29, 1.82) is 0 Å². The first-order chi connectivity index (χ1) is 17.9. The number of rotatable bonds is 7. The maximum absolute atomic E-state index is 13.3. The highest BCUT2D eigenvalue weighted by molar-refractivity contribution is 6.12. The first-order valence-corrected chi connectivity index (χ1v) is 12.3. The van der Waals surface area contributed by atoms with Crippen LogP contribution in [0.3, 0.4) is 0 Å². The molecule has 37 heavy (non-hydrogen) atoms. The standard InChI is InChI=1S/C29H28N4O4/c1-4-33-26-23(28(34)32(3)24-10-7-14-30-27(24)33)16-19(17-31-26)13-15-37-25-12-11-20(18(2)29(35)36)21-8-5-6-9-22(21)25/h5-12,14,16-18H,4,13,15H2,1-3H3,(H,35,36). The SMILES string of the molecule is CCN1c2ncc(CCOc3ccc(C(C)C(=O)O)c4ccccc34)cc2C(=O)N(C)c2cccnc21. The molecule has 2 aromatic heterocycles. The number of anilines is 3. The van der Waals surface area contributed by atoms with Gasteiger partial charge in [-0.25, -0.2) is 9.97 Å². The summed E-state index contributed by atoms with van der Waals surface area (Å²) in [6.07, 6.45) is 4.05. The summed E-state index contributed by atoms with van der Waals surface area (Å²) < 4.78 is 6.14. The van der Waals surface area contributed by atoms with Crippen LogP contribution in [0.2, 0.25) is 0 Å². The molecule has 1 unspecified atom stereocenters. The van der Waals surface area contributed by atoms with Gasteiger partial charge in [-0.15, -0.1) is 0 Å². The summed E-state index contributed by atoms with van der Waals surface area (Å²) in [5.41, 5.74) is 2.90. The van der Waals surface area contributed by atoms with Crippen LogP contribution in [0.25, 0.3) is 10.8 Å². The number of ether oxygens (including phenoxy) is 1. The highest BCUT2D eigenvalue weighted by Gasteiger charge is 2.30. The lowest BCUT2D eigenvalue weighted by atomic mass is 9.94. The number of pyridine rings is 2. The van der Waals surface area contributed by atoms with Crippen molar-refractivity contribution in [2.75, 3.05) is 30.0 Å². The molecule has 0 saturated heterocycles. The van der Waals surface area contributed by atoms with Gasteiger partial charge in [-0.05, 0) is 54.6 Å². The van der Waals surface area contributed by atoms with E-state index < -0.39 is 11.9 Å². The van der Waals surface area contributed by atoms with Gasteiger partial charge in [-0.1, -0.05) is 30.3 Å². The number of aliphatic carboxylic acids is 1. The normalized spacial score (nSPS) is 13.6. The van der Waals surface area contributed by atoms with Crippen LogP contribution in [-0.2, 0) is 11.2 Å². The van der Waals surface area contributed by atoms with Gasteiger partial charge in [0.05, 0.1) is 23.8 Å². The number of carbonyl (C=O) groups excluding carboxylic acids is 1. The third-order valence-electron chi connectivity index (χ3n) is 6.82. The van der Waals surface area contributed by atoms with Gasteiger partial charge in [-0.3, -0.25) is 9.59 Å². The number of carbonyl (C=O) groups is 2. The Morgan fingerprint density at radius 3 is 2.59 bits per heavy atom. The summed E-state index contributed by atoms with van der Waals surface area (Å²) in [6.45, 7) is 4.69. The molecular weight excluding hydrogens is 468 g/mol. The van der Waals surface area contributed by atoms with Crippen molar-refractivity contribution >= 4 is 40.0 Å². The second kappa shape index (κ2) is 9.89. The van der Waals surface area contributed by atoms with Crippen molar-refractivity contribution in [3.05, 3.63) is 83.7 Å². The molecule has 3 heterocycles. The number of benzene rings is 2. The van der Waals surface area contributed by atoms with E-state index in [0.29, 0.717) is 42.5 Å². The van der Waals surface area contributed by atoms with E-state index in [1.165, 1.54) is 0 Å². The molecule has 5 rings (SSSR count). The third kappa shape index (κ3) is 4.35. The van der Waals surface area contributed by atoms with Crippen LogP contribution >= 0.6 is 0 Å². The number of hydrogen-bond donors (Lipinski definition) is 1. The number of fused-ring (bicyclic) bond motifs is 3. The summed E-state index contributed by atoms with van der Waals surface area (Å²) in [6, 6.07) is 16.9. The minimum atomic E-state index is -0.866. The average Bonchev–Trinajstić information content (AvgIpc) is 3.01. The molecule has 1 aliphatic rings. The number of nitrogens with zero attached hydrogens (tertiary/aromatic N) is 4. The van der Waals surface area contributed by atoms with Gasteiger partial charge in [0.25, 0.3) is 5.91 Å². The minimum Gasteiger partial charge on any atom is -0.493 e. The van der Waals surface area contributed by atoms with Gasteiger partial charge in [0.1, 0.15) is 11.6 Å². The predicted octanol–water partition coefficient (Wildman–Crippen LogP) is 5.19. The van der Waals surface area contributed by atoms with Gasteiger partial charge in [0, 0.05) is 37.8 Å². The van der Waals surface area contributed by atoms with E-state index in [0.717, 1.165) is 27.6 Å². The first-order valence-electron chi connectivity index (χ1n) is 12.3. The molecule has 8 heteroatoms. The van der Waals surface area contributed by atoms with Crippen molar-refractivity contribution in [2.24, 2.45) is 0 Å². The van der Waals surface area contributed by atoms with Crippen molar-refractivity contribution < 1.29 is 19.4 Å². The molecule has 4 aromatic rings. The largest absolute Gasteiger partial charge is 0.493 e. The Hall–Kier alpha value is -4.46. The molecule has 0 fully saturated rings. The van der Waals surface area contributed by atoms with E-state index >= 15 is 0 Å². The maximum atomic E-state index is 13.3. The second-order valence-corrected chi connectivity index (χ2v) is 9.03. The fraction of sp³-hybridized carbons (Fsp3) is 0.241. The average molecular weight is 497 g/mol. The Morgan fingerprint density at radius 1 is 1.05 bits per heavy atom. The molecule has 1 amide bonds. The number of aromatic nitrogens is 2. The topological polar surface area (TPSA) is 95.9 Å².